The number of hydrogen-bond acceptors (Lipinski definition) is 8. The van der Waals surface area contributed by atoms with Crippen LogP contribution < -0.4 is 25.2 Å². The highest BCUT2D eigenvalue weighted by molar-refractivity contribution is 5.82. The molecule has 2 aliphatic rings. The minimum Gasteiger partial charge on any atom is -0.493 e. The maximum Gasteiger partial charge on any atom is 0.241 e. The molecule has 2 aliphatic heterocycles. The molecule has 1 aromatic heterocycles. The van der Waals surface area contributed by atoms with E-state index >= 15 is 0 Å². The van der Waals surface area contributed by atoms with Crippen LogP contribution >= 0.6 is 0 Å². The molecule has 30 heavy (non-hydrogen) atoms. The van der Waals surface area contributed by atoms with Gasteiger partial charge in [0, 0.05) is 38.6 Å². The highest BCUT2D eigenvalue weighted by atomic mass is 16.5. The van der Waals surface area contributed by atoms with Crippen molar-refractivity contribution in [1.82, 2.24) is 25.7 Å². The first kappa shape index (κ1) is 20.4. The zero-order chi connectivity index (χ0) is 20.8. The lowest BCUT2D eigenvalue weighted by Crippen LogP contribution is -2.47. The Balaban J connectivity index is 1.27. The van der Waals surface area contributed by atoms with Crippen LogP contribution in [0, 0.1) is 0 Å². The largest absolute Gasteiger partial charge is 0.493 e. The third-order valence-electron chi connectivity index (χ3n) is 5.43. The lowest BCUT2D eigenvalue weighted by atomic mass is 10.1. The Kier molecular flexibility index (Phi) is 6.60. The van der Waals surface area contributed by atoms with Gasteiger partial charge in [0.2, 0.25) is 11.9 Å². The number of aromatic nitrogens is 2. The van der Waals surface area contributed by atoms with E-state index in [1.165, 1.54) is 0 Å². The fraction of sp³-hybridized carbons (Fsp3) is 0.476. The van der Waals surface area contributed by atoms with Crippen LogP contribution in [0.4, 0.5) is 5.95 Å². The van der Waals surface area contributed by atoms with Crippen LogP contribution in [0.15, 0.2) is 42.7 Å². The zero-order valence-corrected chi connectivity index (χ0v) is 17.2. The molecule has 2 fully saturated rings. The molecule has 2 N–H and O–H groups in total. The number of nitrogens with zero attached hydrogens (tertiary/aromatic N) is 4. The van der Waals surface area contributed by atoms with Crippen LogP contribution in [0.3, 0.4) is 0 Å². The zero-order valence-electron chi connectivity index (χ0n) is 17.2. The summed E-state index contributed by atoms with van der Waals surface area (Å²) in [6.07, 6.45) is 5.06. The molecule has 9 heteroatoms. The fourth-order valence-corrected chi connectivity index (χ4v) is 3.83. The number of rotatable bonds is 6. The minimum atomic E-state index is -0.254. The molecule has 0 saturated carbocycles. The number of amides is 1. The Morgan fingerprint density at radius 1 is 1.07 bits per heavy atom. The number of ether oxygens (including phenoxy) is 2. The van der Waals surface area contributed by atoms with E-state index < -0.39 is 0 Å². The predicted octanol–water partition coefficient (Wildman–Crippen LogP) is 0.838. The highest BCUT2D eigenvalue weighted by Crippen LogP contribution is 2.26. The summed E-state index contributed by atoms with van der Waals surface area (Å²) in [4.78, 5) is 25.8. The molecule has 9 nitrogen and oxygen atoms in total. The molecule has 160 valence electrons. The molecule has 1 amide bonds. The molecule has 2 unspecified atom stereocenters. The number of hydrazine groups is 1. The molecule has 0 radical (unpaired) electrons. The monoisotopic (exact) mass is 412 g/mol. The quantitative estimate of drug-likeness (QED) is 0.721. The number of methoxy groups -OCH3 is 1. The van der Waals surface area contributed by atoms with Gasteiger partial charge in [-0.1, -0.05) is 12.1 Å². The molecule has 0 aliphatic carbocycles. The first-order chi connectivity index (χ1) is 14.7. The Morgan fingerprint density at radius 3 is 2.67 bits per heavy atom. The number of hydrogen-bond donors (Lipinski definition) is 2. The predicted molar refractivity (Wildman–Crippen MR) is 112 cm³/mol. The highest BCUT2D eigenvalue weighted by Gasteiger charge is 2.33. The van der Waals surface area contributed by atoms with Crippen molar-refractivity contribution >= 4 is 11.9 Å². The molecule has 0 bridgehead atoms. The second-order valence-corrected chi connectivity index (χ2v) is 7.45. The summed E-state index contributed by atoms with van der Waals surface area (Å²) in [6, 6.07) is 9.16. The maximum absolute atomic E-state index is 13.0. The summed E-state index contributed by atoms with van der Waals surface area (Å²) in [5.41, 5.74) is 6.33. The number of carbonyl (C=O) groups excluding carboxylic acids is 1. The van der Waals surface area contributed by atoms with Crippen molar-refractivity contribution in [2.24, 2.45) is 0 Å². The summed E-state index contributed by atoms with van der Waals surface area (Å²) in [6.45, 7) is 3.44. The van der Waals surface area contributed by atoms with Crippen molar-refractivity contribution in [1.29, 1.82) is 0 Å². The molecule has 3 heterocycles. The van der Waals surface area contributed by atoms with Crippen LogP contribution in [0.5, 0.6) is 11.5 Å². The van der Waals surface area contributed by atoms with Gasteiger partial charge < -0.3 is 19.3 Å². The van der Waals surface area contributed by atoms with Crippen LogP contribution in [0.25, 0.3) is 0 Å². The van der Waals surface area contributed by atoms with E-state index in [9.17, 15) is 4.79 Å². The number of benzene rings is 1. The van der Waals surface area contributed by atoms with Gasteiger partial charge in [0.15, 0.2) is 11.5 Å². The van der Waals surface area contributed by atoms with Crippen LogP contribution in [0.1, 0.15) is 12.8 Å². The van der Waals surface area contributed by atoms with Crippen LogP contribution in [-0.2, 0) is 4.79 Å². The van der Waals surface area contributed by atoms with E-state index in [2.05, 4.69) is 25.7 Å². The average molecular weight is 412 g/mol. The minimum absolute atomic E-state index is 0.0463. The van der Waals surface area contributed by atoms with Crippen molar-refractivity contribution in [2.45, 2.75) is 24.9 Å². The van der Waals surface area contributed by atoms with Gasteiger partial charge in [-0.25, -0.2) is 15.4 Å². The first-order valence-corrected chi connectivity index (χ1v) is 10.3. The van der Waals surface area contributed by atoms with Crippen molar-refractivity contribution < 1.29 is 14.3 Å². The van der Waals surface area contributed by atoms with Gasteiger partial charge in [-0.05, 0) is 31.0 Å². The van der Waals surface area contributed by atoms with E-state index in [1.54, 1.807) is 19.5 Å². The Bertz CT molecular complexity index is 837. The van der Waals surface area contributed by atoms with Crippen molar-refractivity contribution in [3.05, 3.63) is 42.7 Å². The molecule has 2 atom stereocenters. The van der Waals surface area contributed by atoms with Gasteiger partial charge in [-0.15, -0.1) is 0 Å². The second-order valence-electron chi connectivity index (χ2n) is 7.45. The molecule has 2 saturated heterocycles. The summed E-state index contributed by atoms with van der Waals surface area (Å²) >= 11 is 0. The normalized spacial score (nSPS) is 21.9. The van der Waals surface area contributed by atoms with E-state index in [0.29, 0.717) is 31.1 Å². The molecular weight excluding hydrogens is 384 g/mol. The van der Waals surface area contributed by atoms with E-state index in [4.69, 9.17) is 9.47 Å². The summed E-state index contributed by atoms with van der Waals surface area (Å²) in [7, 11) is 1.62. The SMILES string of the molecule is COc1ccccc1OCC1CC(C(=O)N2CCCN(c3ncccn3)CC2)NN1. The third-order valence-corrected chi connectivity index (χ3v) is 5.43. The van der Waals surface area contributed by atoms with E-state index in [-0.39, 0.29) is 18.0 Å². The summed E-state index contributed by atoms with van der Waals surface area (Å²) in [5.74, 6) is 2.25. The molecular formula is C21H28N6O3. The number of carbonyl (C=O) groups is 1. The van der Waals surface area contributed by atoms with E-state index in [0.717, 1.165) is 32.0 Å². The van der Waals surface area contributed by atoms with Gasteiger partial charge in [0.05, 0.1) is 13.2 Å². The van der Waals surface area contributed by atoms with Crippen molar-refractivity contribution in [3.63, 3.8) is 0 Å². The Hall–Kier alpha value is -2.91. The van der Waals surface area contributed by atoms with Gasteiger partial charge in [0.1, 0.15) is 12.6 Å². The lowest BCUT2D eigenvalue weighted by Gasteiger charge is -2.24. The third kappa shape index (κ3) is 4.80. The number of nitrogens with one attached hydrogen (secondary N) is 2. The van der Waals surface area contributed by atoms with Crippen molar-refractivity contribution in [3.8, 4) is 11.5 Å². The lowest BCUT2D eigenvalue weighted by molar-refractivity contribution is -0.133. The standard InChI is InChI=1S/C21H28N6O3/c1-29-18-6-2-3-7-19(18)30-15-16-14-17(25-24-16)20(28)26-10-5-11-27(13-12-26)21-22-8-4-9-23-21/h2-4,6-9,16-17,24-25H,5,10-15H2,1H3. The topological polar surface area (TPSA) is 91.9 Å². The second kappa shape index (κ2) is 9.73. The number of anilines is 1. The maximum atomic E-state index is 13.0. The van der Waals surface area contributed by atoms with Crippen LogP contribution in [0.2, 0.25) is 0 Å². The average Bonchev–Trinajstić information content (AvgIpc) is 3.14. The molecule has 0 spiro atoms. The Morgan fingerprint density at radius 2 is 1.87 bits per heavy atom. The van der Waals surface area contributed by atoms with Gasteiger partial charge in [-0.2, -0.15) is 0 Å². The molecule has 4 rings (SSSR count). The van der Waals surface area contributed by atoms with Gasteiger partial charge >= 0.3 is 0 Å². The van der Waals surface area contributed by atoms with Gasteiger partial charge in [-0.3, -0.25) is 10.2 Å². The first-order valence-electron chi connectivity index (χ1n) is 10.3. The Labute approximate surface area is 176 Å². The van der Waals surface area contributed by atoms with Crippen LogP contribution in [-0.4, -0.2) is 72.8 Å². The number of para-hydroxylation sites is 2. The fourth-order valence-electron chi connectivity index (χ4n) is 3.83. The van der Waals surface area contributed by atoms with E-state index in [1.807, 2.05) is 35.2 Å². The van der Waals surface area contributed by atoms with Crippen molar-refractivity contribution in [2.75, 3.05) is 44.8 Å². The smallest absolute Gasteiger partial charge is 0.241 e. The molecule has 2 aromatic rings. The summed E-state index contributed by atoms with van der Waals surface area (Å²) < 4.78 is 11.2. The molecule has 1 aromatic carbocycles. The summed E-state index contributed by atoms with van der Waals surface area (Å²) in [5, 5.41) is 0. The van der Waals surface area contributed by atoms with Gasteiger partial charge in [0.25, 0.3) is 0 Å².